The number of rotatable bonds is 8. The molecular formula is C13H27NO4. The van der Waals surface area contributed by atoms with Crippen molar-refractivity contribution in [3.8, 4) is 0 Å². The topological polar surface area (TPSA) is 59.0 Å². The van der Waals surface area contributed by atoms with E-state index in [-0.39, 0.29) is 5.97 Å². The Morgan fingerprint density at radius 3 is 2.39 bits per heavy atom. The molecule has 0 unspecified atom stereocenters. The van der Waals surface area contributed by atoms with Crippen LogP contribution in [0.1, 0.15) is 32.1 Å². The van der Waals surface area contributed by atoms with Gasteiger partial charge in [-0.25, -0.2) is 0 Å². The van der Waals surface area contributed by atoms with E-state index < -0.39 is 0 Å². The van der Waals surface area contributed by atoms with Crippen LogP contribution in [-0.4, -0.2) is 63.0 Å². The zero-order valence-corrected chi connectivity index (χ0v) is 11.7. The van der Waals surface area contributed by atoms with Crippen molar-refractivity contribution < 1.29 is 19.4 Å². The highest BCUT2D eigenvalue weighted by molar-refractivity contribution is 5.68. The second kappa shape index (κ2) is 12.8. The van der Waals surface area contributed by atoms with Crippen molar-refractivity contribution in [1.29, 1.82) is 0 Å². The molecule has 0 spiro atoms. The number of hydrogen-bond donors (Lipinski definition) is 1. The lowest BCUT2D eigenvalue weighted by Crippen LogP contribution is -2.21. The minimum absolute atomic E-state index is 0.152. The molecule has 0 aliphatic carbocycles. The summed E-state index contributed by atoms with van der Waals surface area (Å²) in [6.45, 7) is 5.12. The predicted molar refractivity (Wildman–Crippen MR) is 70.5 cm³/mol. The molecule has 1 fully saturated rings. The summed E-state index contributed by atoms with van der Waals surface area (Å²) in [4.78, 5) is 13.3. The Balaban J connectivity index is 0.00000137. The van der Waals surface area contributed by atoms with Gasteiger partial charge in [0, 0.05) is 33.3 Å². The average molecular weight is 261 g/mol. The van der Waals surface area contributed by atoms with Crippen molar-refractivity contribution in [2.24, 2.45) is 0 Å². The molecular weight excluding hydrogens is 234 g/mol. The lowest BCUT2D eigenvalue weighted by molar-refractivity contribution is -0.141. The van der Waals surface area contributed by atoms with E-state index in [1.165, 1.54) is 33.0 Å². The van der Waals surface area contributed by atoms with Gasteiger partial charge in [0.15, 0.2) is 0 Å². The molecule has 1 N–H and O–H groups in total. The highest BCUT2D eigenvalue weighted by atomic mass is 16.5. The summed E-state index contributed by atoms with van der Waals surface area (Å²) in [7, 11) is 2.42. The molecule has 1 aliphatic heterocycles. The minimum atomic E-state index is -0.152. The lowest BCUT2D eigenvalue weighted by Gasteiger charge is -2.13. The Hall–Kier alpha value is -0.650. The third kappa shape index (κ3) is 9.39. The molecule has 0 aromatic carbocycles. The van der Waals surface area contributed by atoms with E-state index in [0.717, 1.165) is 33.1 Å². The van der Waals surface area contributed by atoms with E-state index in [1.807, 2.05) is 0 Å². The zero-order chi connectivity index (χ0) is 13.6. The summed E-state index contributed by atoms with van der Waals surface area (Å²) < 4.78 is 10.00. The molecule has 1 saturated heterocycles. The van der Waals surface area contributed by atoms with Crippen LogP contribution in [-0.2, 0) is 14.3 Å². The summed E-state index contributed by atoms with van der Waals surface area (Å²) >= 11 is 0. The number of likely N-dealkylation sites (tertiary alicyclic amines) is 1. The number of esters is 1. The van der Waals surface area contributed by atoms with Gasteiger partial charge in [-0.3, -0.25) is 4.79 Å². The monoisotopic (exact) mass is 261 g/mol. The largest absolute Gasteiger partial charge is 0.469 e. The summed E-state index contributed by atoms with van der Waals surface area (Å²) in [5, 5.41) is 7.00. The van der Waals surface area contributed by atoms with Crippen LogP contribution in [0.15, 0.2) is 0 Å². The van der Waals surface area contributed by atoms with Crippen LogP contribution in [0, 0.1) is 0 Å². The first-order valence-corrected chi connectivity index (χ1v) is 6.64. The molecule has 0 aromatic heterocycles. The highest BCUT2D eigenvalue weighted by Crippen LogP contribution is 2.07. The van der Waals surface area contributed by atoms with Gasteiger partial charge in [0.05, 0.1) is 7.11 Å². The molecule has 5 heteroatoms. The number of nitrogens with zero attached hydrogens (tertiary/aromatic N) is 1. The van der Waals surface area contributed by atoms with Crippen molar-refractivity contribution in [2.45, 2.75) is 32.1 Å². The van der Waals surface area contributed by atoms with Crippen molar-refractivity contribution in [1.82, 2.24) is 4.90 Å². The molecule has 18 heavy (non-hydrogen) atoms. The Kier molecular flexibility index (Phi) is 12.3. The Labute approximate surface area is 110 Å². The SMILES string of the molecule is CO.COC(=O)CCCOCCCN1CCCC1. The van der Waals surface area contributed by atoms with E-state index >= 15 is 0 Å². The van der Waals surface area contributed by atoms with E-state index in [2.05, 4.69) is 9.64 Å². The van der Waals surface area contributed by atoms with Crippen LogP contribution in [0.4, 0.5) is 0 Å². The maximum absolute atomic E-state index is 10.8. The van der Waals surface area contributed by atoms with Gasteiger partial charge in [-0.1, -0.05) is 0 Å². The number of ether oxygens (including phenoxy) is 2. The third-order valence-electron chi connectivity index (χ3n) is 2.86. The van der Waals surface area contributed by atoms with Crippen LogP contribution < -0.4 is 0 Å². The molecule has 5 nitrogen and oxygen atoms in total. The fourth-order valence-electron chi connectivity index (χ4n) is 1.92. The zero-order valence-electron chi connectivity index (χ0n) is 11.7. The standard InChI is InChI=1S/C12H23NO3.CH4O/c1-15-12(14)6-4-10-16-11-5-9-13-7-2-3-8-13;1-2/h2-11H2,1H3;2H,1H3. The second-order valence-corrected chi connectivity index (χ2v) is 4.19. The van der Waals surface area contributed by atoms with Gasteiger partial charge in [0.2, 0.25) is 0 Å². The fraction of sp³-hybridized carbons (Fsp3) is 0.923. The van der Waals surface area contributed by atoms with Gasteiger partial charge in [-0.05, 0) is 38.8 Å². The van der Waals surface area contributed by atoms with Crippen molar-refractivity contribution in [3.05, 3.63) is 0 Å². The Bertz CT molecular complexity index is 193. The molecule has 0 atom stereocenters. The molecule has 0 aromatic rings. The highest BCUT2D eigenvalue weighted by Gasteiger charge is 2.09. The molecule has 0 bridgehead atoms. The molecule has 1 rings (SSSR count). The number of aliphatic hydroxyl groups excluding tert-OH is 1. The maximum atomic E-state index is 10.8. The van der Waals surface area contributed by atoms with E-state index in [1.54, 1.807) is 0 Å². The first kappa shape index (κ1) is 17.4. The van der Waals surface area contributed by atoms with Gasteiger partial charge in [0.1, 0.15) is 0 Å². The van der Waals surface area contributed by atoms with Crippen molar-refractivity contribution >= 4 is 5.97 Å². The molecule has 108 valence electrons. The number of methoxy groups -OCH3 is 1. The number of aliphatic hydroxyl groups is 1. The fourth-order valence-corrected chi connectivity index (χ4v) is 1.92. The van der Waals surface area contributed by atoms with Crippen LogP contribution in [0.2, 0.25) is 0 Å². The maximum Gasteiger partial charge on any atom is 0.305 e. The lowest BCUT2D eigenvalue weighted by atomic mass is 10.3. The third-order valence-corrected chi connectivity index (χ3v) is 2.86. The predicted octanol–water partition coefficient (Wildman–Crippen LogP) is 1.05. The molecule has 0 radical (unpaired) electrons. The van der Waals surface area contributed by atoms with Crippen molar-refractivity contribution in [2.75, 3.05) is 47.1 Å². The summed E-state index contributed by atoms with van der Waals surface area (Å²) in [6.07, 6.45) is 5.01. The van der Waals surface area contributed by atoms with Crippen LogP contribution >= 0.6 is 0 Å². The summed E-state index contributed by atoms with van der Waals surface area (Å²) in [5.41, 5.74) is 0. The van der Waals surface area contributed by atoms with Gasteiger partial charge in [-0.2, -0.15) is 0 Å². The molecule has 1 aliphatic rings. The van der Waals surface area contributed by atoms with Gasteiger partial charge >= 0.3 is 5.97 Å². The Morgan fingerprint density at radius 2 is 1.78 bits per heavy atom. The van der Waals surface area contributed by atoms with Gasteiger partial charge in [-0.15, -0.1) is 0 Å². The second-order valence-electron chi connectivity index (χ2n) is 4.19. The Morgan fingerprint density at radius 1 is 1.17 bits per heavy atom. The van der Waals surface area contributed by atoms with Crippen LogP contribution in [0.5, 0.6) is 0 Å². The minimum Gasteiger partial charge on any atom is -0.469 e. The number of carbonyl (C=O) groups excluding carboxylic acids is 1. The first-order valence-electron chi connectivity index (χ1n) is 6.64. The van der Waals surface area contributed by atoms with Gasteiger partial charge in [0.25, 0.3) is 0 Å². The normalized spacial score (nSPS) is 15.1. The van der Waals surface area contributed by atoms with Gasteiger partial charge < -0.3 is 19.5 Å². The quantitative estimate of drug-likeness (QED) is 0.523. The smallest absolute Gasteiger partial charge is 0.305 e. The van der Waals surface area contributed by atoms with E-state index in [4.69, 9.17) is 9.84 Å². The molecule has 0 amide bonds. The van der Waals surface area contributed by atoms with E-state index in [9.17, 15) is 4.79 Å². The first-order chi connectivity index (χ1) is 8.83. The van der Waals surface area contributed by atoms with Crippen LogP contribution in [0.3, 0.4) is 0 Å². The van der Waals surface area contributed by atoms with Crippen molar-refractivity contribution in [3.63, 3.8) is 0 Å². The van der Waals surface area contributed by atoms with Crippen LogP contribution in [0.25, 0.3) is 0 Å². The molecule has 0 saturated carbocycles. The molecule has 1 heterocycles. The average Bonchev–Trinajstić information content (AvgIpc) is 2.92. The number of carbonyl (C=O) groups is 1. The summed E-state index contributed by atoms with van der Waals surface area (Å²) in [5.74, 6) is -0.152. The van der Waals surface area contributed by atoms with E-state index in [0.29, 0.717) is 13.0 Å². The number of hydrogen-bond acceptors (Lipinski definition) is 5. The summed E-state index contributed by atoms with van der Waals surface area (Å²) in [6, 6.07) is 0.